The zero-order valence-electron chi connectivity index (χ0n) is 10.6. The Morgan fingerprint density at radius 1 is 0.938 bits per heavy atom. The highest BCUT2D eigenvalue weighted by molar-refractivity contribution is 4.96. The highest BCUT2D eigenvalue weighted by Crippen LogP contribution is 2.35. The summed E-state index contributed by atoms with van der Waals surface area (Å²) < 4.78 is 0. The molecular formula is C14H26N2. The average molecular weight is 222 g/mol. The third-order valence-corrected chi connectivity index (χ3v) is 5.21. The minimum absolute atomic E-state index is 0.874. The number of rotatable bonds is 1. The van der Waals surface area contributed by atoms with E-state index in [2.05, 4.69) is 17.1 Å². The van der Waals surface area contributed by atoms with Gasteiger partial charge in [0.15, 0.2) is 0 Å². The van der Waals surface area contributed by atoms with Crippen molar-refractivity contribution in [2.45, 2.75) is 57.5 Å². The molecule has 0 aromatic heterocycles. The van der Waals surface area contributed by atoms with Crippen molar-refractivity contribution in [3.05, 3.63) is 0 Å². The zero-order chi connectivity index (χ0) is 11.0. The van der Waals surface area contributed by atoms with Gasteiger partial charge in [-0.1, -0.05) is 19.8 Å². The molecule has 1 aliphatic carbocycles. The number of hydrogen-bond donors (Lipinski definition) is 1. The highest BCUT2D eigenvalue weighted by Gasteiger charge is 2.39. The van der Waals surface area contributed by atoms with Crippen molar-refractivity contribution in [2.75, 3.05) is 19.6 Å². The number of piperidine rings is 1. The molecular weight excluding hydrogens is 196 g/mol. The molecule has 1 saturated carbocycles. The number of nitrogens with one attached hydrogen (secondary N) is 1. The first-order chi connectivity index (χ1) is 7.86. The van der Waals surface area contributed by atoms with Gasteiger partial charge in [0.1, 0.15) is 0 Å². The summed E-state index contributed by atoms with van der Waals surface area (Å²) >= 11 is 0. The molecule has 3 aliphatic rings. The first kappa shape index (κ1) is 11.0. The fraction of sp³-hybridized carbons (Fsp3) is 1.00. The predicted octanol–water partition coefficient (Wildman–Crippen LogP) is 2.25. The summed E-state index contributed by atoms with van der Waals surface area (Å²) in [5, 5.41) is 3.61. The van der Waals surface area contributed by atoms with E-state index in [0.717, 1.165) is 23.9 Å². The predicted molar refractivity (Wildman–Crippen MR) is 67.5 cm³/mol. The number of likely N-dealkylation sites (tertiary alicyclic amines) is 1. The third kappa shape index (κ3) is 1.91. The lowest BCUT2D eigenvalue weighted by Crippen LogP contribution is -2.53. The zero-order valence-corrected chi connectivity index (χ0v) is 10.6. The fourth-order valence-corrected chi connectivity index (χ4v) is 4.30. The van der Waals surface area contributed by atoms with E-state index in [1.807, 2.05) is 0 Å². The quantitative estimate of drug-likeness (QED) is 0.732. The Kier molecular flexibility index (Phi) is 3.21. The van der Waals surface area contributed by atoms with Crippen LogP contribution in [0.1, 0.15) is 45.4 Å². The molecule has 0 aromatic carbocycles. The SMILES string of the molecule is CC1CCCCC1N1CCCC2CNCC21. The van der Waals surface area contributed by atoms with Crippen molar-refractivity contribution in [2.24, 2.45) is 11.8 Å². The maximum atomic E-state index is 3.61. The lowest BCUT2D eigenvalue weighted by molar-refractivity contribution is 0.0324. The molecule has 3 rings (SSSR count). The molecule has 2 heterocycles. The molecule has 2 nitrogen and oxygen atoms in total. The van der Waals surface area contributed by atoms with Crippen molar-refractivity contribution in [3.63, 3.8) is 0 Å². The van der Waals surface area contributed by atoms with E-state index in [1.165, 1.54) is 58.2 Å². The summed E-state index contributed by atoms with van der Waals surface area (Å²) in [6.07, 6.45) is 8.77. The Morgan fingerprint density at radius 2 is 1.81 bits per heavy atom. The van der Waals surface area contributed by atoms with Crippen molar-refractivity contribution >= 4 is 0 Å². The summed E-state index contributed by atoms with van der Waals surface area (Å²) in [5.74, 6) is 1.90. The van der Waals surface area contributed by atoms with Gasteiger partial charge in [-0.05, 0) is 50.6 Å². The maximum Gasteiger partial charge on any atom is 0.0264 e. The first-order valence-corrected chi connectivity index (χ1v) is 7.32. The lowest BCUT2D eigenvalue weighted by Gasteiger charge is -2.46. The van der Waals surface area contributed by atoms with Crippen LogP contribution in [0.4, 0.5) is 0 Å². The lowest BCUT2D eigenvalue weighted by atomic mass is 9.81. The average Bonchev–Trinajstić information content (AvgIpc) is 2.77. The molecule has 16 heavy (non-hydrogen) atoms. The van der Waals surface area contributed by atoms with E-state index in [0.29, 0.717) is 0 Å². The van der Waals surface area contributed by atoms with E-state index in [-0.39, 0.29) is 0 Å². The van der Waals surface area contributed by atoms with Crippen LogP contribution in [-0.2, 0) is 0 Å². The van der Waals surface area contributed by atoms with Gasteiger partial charge in [-0.15, -0.1) is 0 Å². The van der Waals surface area contributed by atoms with Crippen LogP contribution in [-0.4, -0.2) is 36.6 Å². The van der Waals surface area contributed by atoms with Crippen LogP contribution >= 0.6 is 0 Å². The smallest absolute Gasteiger partial charge is 0.0264 e. The van der Waals surface area contributed by atoms with E-state index in [1.54, 1.807) is 0 Å². The Balaban J connectivity index is 1.71. The van der Waals surface area contributed by atoms with Gasteiger partial charge >= 0.3 is 0 Å². The summed E-state index contributed by atoms with van der Waals surface area (Å²) in [7, 11) is 0. The van der Waals surface area contributed by atoms with Gasteiger partial charge in [-0.3, -0.25) is 4.90 Å². The van der Waals surface area contributed by atoms with Gasteiger partial charge in [0, 0.05) is 18.6 Å². The molecule has 4 unspecified atom stereocenters. The van der Waals surface area contributed by atoms with Gasteiger partial charge in [-0.25, -0.2) is 0 Å². The number of fused-ring (bicyclic) bond motifs is 1. The molecule has 2 aliphatic heterocycles. The molecule has 1 N–H and O–H groups in total. The van der Waals surface area contributed by atoms with E-state index >= 15 is 0 Å². The van der Waals surface area contributed by atoms with Gasteiger partial charge in [0.25, 0.3) is 0 Å². The Hall–Kier alpha value is -0.0800. The first-order valence-electron chi connectivity index (χ1n) is 7.32. The molecule has 92 valence electrons. The van der Waals surface area contributed by atoms with Crippen LogP contribution in [0.2, 0.25) is 0 Å². The largest absolute Gasteiger partial charge is 0.315 e. The van der Waals surface area contributed by atoms with Crippen molar-refractivity contribution in [1.82, 2.24) is 10.2 Å². The van der Waals surface area contributed by atoms with Crippen LogP contribution in [0, 0.1) is 11.8 Å². The van der Waals surface area contributed by atoms with Gasteiger partial charge in [0.05, 0.1) is 0 Å². The van der Waals surface area contributed by atoms with Gasteiger partial charge < -0.3 is 5.32 Å². The van der Waals surface area contributed by atoms with Gasteiger partial charge in [-0.2, -0.15) is 0 Å². The molecule has 0 radical (unpaired) electrons. The maximum absolute atomic E-state index is 3.61. The molecule has 3 fully saturated rings. The number of nitrogens with zero attached hydrogens (tertiary/aromatic N) is 1. The molecule has 0 spiro atoms. The molecule has 0 aromatic rings. The Labute approximate surface area is 99.8 Å². The second-order valence-corrected chi connectivity index (χ2v) is 6.19. The van der Waals surface area contributed by atoms with Crippen LogP contribution < -0.4 is 5.32 Å². The molecule has 2 saturated heterocycles. The minimum Gasteiger partial charge on any atom is -0.315 e. The Bertz CT molecular complexity index is 241. The van der Waals surface area contributed by atoms with Crippen LogP contribution in [0.3, 0.4) is 0 Å². The fourth-order valence-electron chi connectivity index (χ4n) is 4.30. The highest BCUT2D eigenvalue weighted by atomic mass is 15.2. The monoisotopic (exact) mass is 222 g/mol. The molecule has 4 atom stereocenters. The van der Waals surface area contributed by atoms with E-state index in [9.17, 15) is 0 Å². The molecule has 0 bridgehead atoms. The van der Waals surface area contributed by atoms with Crippen molar-refractivity contribution in [3.8, 4) is 0 Å². The van der Waals surface area contributed by atoms with E-state index < -0.39 is 0 Å². The Morgan fingerprint density at radius 3 is 2.69 bits per heavy atom. The summed E-state index contributed by atoms with van der Waals surface area (Å²) in [5.41, 5.74) is 0. The normalized spacial score (nSPS) is 45.6. The second-order valence-electron chi connectivity index (χ2n) is 6.19. The topological polar surface area (TPSA) is 15.3 Å². The standard InChI is InChI=1S/C14H26N2/c1-11-5-2-3-7-13(11)16-8-4-6-12-9-15-10-14(12)16/h11-15H,2-10H2,1H3. The minimum atomic E-state index is 0.874. The molecule has 0 amide bonds. The van der Waals surface area contributed by atoms with E-state index in [4.69, 9.17) is 0 Å². The third-order valence-electron chi connectivity index (χ3n) is 5.21. The summed E-state index contributed by atoms with van der Waals surface area (Å²) in [6, 6.07) is 1.78. The number of hydrogen-bond acceptors (Lipinski definition) is 2. The second kappa shape index (κ2) is 4.66. The van der Waals surface area contributed by atoms with Crippen molar-refractivity contribution < 1.29 is 0 Å². The summed E-state index contributed by atoms with van der Waals surface area (Å²) in [6.45, 7) is 6.39. The van der Waals surface area contributed by atoms with Crippen LogP contribution in [0.15, 0.2) is 0 Å². The van der Waals surface area contributed by atoms with Gasteiger partial charge in [0.2, 0.25) is 0 Å². The van der Waals surface area contributed by atoms with Crippen molar-refractivity contribution in [1.29, 1.82) is 0 Å². The van der Waals surface area contributed by atoms with Crippen LogP contribution in [0.25, 0.3) is 0 Å². The molecule has 2 heteroatoms. The van der Waals surface area contributed by atoms with Crippen LogP contribution in [0.5, 0.6) is 0 Å². The summed E-state index contributed by atoms with van der Waals surface area (Å²) in [4.78, 5) is 2.89.